The molecule has 154 valence electrons. The minimum absolute atomic E-state index is 0.0297. The molecule has 2 aromatic carbocycles. The van der Waals surface area contributed by atoms with Crippen molar-refractivity contribution in [2.75, 3.05) is 6.54 Å². The topological polar surface area (TPSA) is 124 Å². The second kappa shape index (κ2) is 7.86. The van der Waals surface area contributed by atoms with Gasteiger partial charge in [0.15, 0.2) is 6.10 Å². The Labute approximate surface area is 171 Å². The number of non-ortho nitro benzene ring substituents is 1. The number of hydrogen-bond donors (Lipinski definition) is 0. The molecule has 0 unspecified atom stereocenters. The van der Waals surface area contributed by atoms with Gasteiger partial charge in [-0.25, -0.2) is 0 Å². The summed E-state index contributed by atoms with van der Waals surface area (Å²) in [4.78, 5) is 60.6. The highest BCUT2D eigenvalue weighted by Gasteiger charge is 2.38. The van der Waals surface area contributed by atoms with Crippen LogP contribution in [0.15, 0.2) is 36.4 Å². The van der Waals surface area contributed by atoms with E-state index in [4.69, 9.17) is 4.74 Å². The average molecular weight is 410 g/mol. The number of hydrogen-bond acceptors (Lipinski definition) is 7. The van der Waals surface area contributed by atoms with Gasteiger partial charge in [-0.1, -0.05) is 17.7 Å². The molecule has 0 saturated heterocycles. The van der Waals surface area contributed by atoms with Crippen molar-refractivity contribution in [3.05, 3.63) is 74.3 Å². The Morgan fingerprint density at radius 1 is 1.07 bits per heavy atom. The molecule has 0 fully saturated rings. The number of nitro groups is 1. The van der Waals surface area contributed by atoms with Gasteiger partial charge in [-0.05, 0) is 38.5 Å². The Hall–Kier alpha value is -3.88. The lowest BCUT2D eigenvalue weighted by atomic mass is 9.99. The number of ketones is 1. The van der Waals surface area contributed by atoms with Crippen LogP contribution in [0.25, 0.3) is 0 Å². The monoisotopic (exact) mass is 410 g/mol. The average Bonchev–Trinajstić information content (AvgIpc) is 2.93. The van der Waals surface area contributed by atoms with E-state index in [0.717, 1.165) is 23.3 Å². The van der Waals surface area contributed by atoms with Crippen LogP contribution in [-0.2, 0) is 9.53 Å². The van der Waals surface area contributed by atoms with Crippen molar-refractivity contribution in [3.8, 4) is 0 Å². The van der Waals surface area contributed by atoms with Crippen molar-refractivity contribution in [3.63, 3.8) is 0 Å². The molecule has 2 aromatic rings. The first-order valence-corrected chi connectivity index (χ1v) is 9.05. The number of fused-ring (bicyclic) bond motifs is 1. The van der Waals surface area contributed by atoms with Gasteiger partial charge in [0.2, 0.25) is 5.78 Å². The summed E-state index contributed by atoms with van der Waals surface area (Å²) >= 11 is 0. The number of aryl methyl sites for hydroxylation is 2. The highest BCUT2D eigenvalue weighted by atomic mass is 16.6. The third kappa shape index (κ3) is 3.82. The molecular weight excluding hydrogens is 392 g/mol. The lowest BCUT2D eigenvalue weighted by molar-refractivity contribution is -0.384. The minimum Gasteiger partial charge on any atom is -0.453 e. The molecule has 1 aliphatic heterocycles. The van der Waals surface area contributed by atoms with Crippen molar-refractivity contribution < 1.29 is 28.8 Å². The second-order valence-electron chi connectivity index (χ2n) is 7.00. The van der Waals surface area contributed by atoms with E-state index in [0.29, 0.717) is 10.5 Å². The minimum atomic E-state index is -1.12. The van der Waals surface area contributed by atoms with Crippen LogP contribution in [0.3, 0.4) is 0 Å². The van der Waals surface area contributed by atoms with Crippen molar-refractivity contribution in [2.45, 2.75) is 26.9 Å². The van der Waals surface area contributed by atoms with Gasteiger partial charge in [-0.2, -0.15) is 0 Å². The summed E-state index contributed by atoms with van der Waals surface area (Å²) in [7, 11) is 0. The van der Waals surface area contributed by atoms with Crippen molar-refractivity contribution in [1.82, 2.24) is 4.90 Å². The first-order chi connectivity index (χ1) is 14.1. The SMILES string of the molecule is Cc1ccc(C)c(C(=O)[C@H](C)OC(=O)CN2C(=O)c3ccc([N+](=O)[O-])cc3C2=O)c1. The Bertz CT molecular complexity index is 1110. The number of amides is 2. The van der Waals surface area contributed by atoms with E-state index < -0.39 is 41.1 Å². The summed E-state index contributed by atoms with van der Waals surface area (Å²) < 4.78 is 5.14. The largest absolute Gasteiger partial charge is 0.453 e. The van der Waals surface area contributed by atoms with E-state index in [1.807, 2.05) is 13.0 Å². The zero-order chi connectivity index (χ0) is 22.2. The summed E-state index contributed by atoms with van der Waals surface area (Å²) in [6.45, 7) is 4.30. The van der Waals surface area contributed by atoms with Gasteiger partial charge in [-0.15, -0.1) is 0 Å². The predicted octanol–water partition coefficient (Wildman–Crippen LogP) is 2.62. The summed E-state index contributed by atoms with van der Waals surface area (Å²) in [5.41, 5.74) is 1.51. The quantitative estimate of drug-likeness (QED) is 0.236. The van der Waals surface area contributed by atoms with Gasteiger partial charge in [0.1, 0.15) is 6.54 Å². The maximum Gasteiger partial charge on any atom is 0.326 e. The number of nitrogens with zero attached hydrogens (tertiary/aromatic N) is 2. The number of nitro benzene ring substituents is 1. The standard InChI is InChI=1S/C21H18N2O7/c1-11-4-5-12(2)16(8-11)19(25)13(3)30-18(24)10-22-20(26)15-7-6-14(23(28)29)9-17(15)21(22)27/h4-9,13H,10H2,1-3H3/t13-/m0/s1. The molecule has 0 spiro atoms. The predicted molar refractivity (Wildman–Crippen MR) is 104 cm³/mol. The third-order valence-electron chi connectivity index (χ3n) is 4.79. The van der Waals surface area contributed by atoms with Gasteiger partial charge in [0.05, 0.1) is 16.1 Å². The number of carbonyl (C=O) groups is 4. The fourth-order valence-electron chi connectivity index (χ4n) is 3.17. The Morgan fingerprint density at radius 2 is 1.73 bits per heavy atom. The van der Waals surface area contributed by atoms with Crippen LogP contribution >= 0.6 is 0 Å². The summed E-state index contributed by atoms with van der Waals surface area (Å²) in [5, 5.41) is 10.9. The van der Waals surface area contributed by atoms with E-state index in [1.54, 1.807) is 19.1 Å². The van der Waals surface area contributed by atoms with E-state index in [1.165, 1.54) is 13.0 Å². The van der Waals surface area contributed by atoms with Gasteiger partial charge in [0, 0.05) is 17.7 Å². The molecule has 1 aliphatic rings. The van der Waals surface area contributed by atoms with Crippen LogP contribution in [0, 0.1) is 24.0 Å². The molecule has 9 nitrogen and oxygen atoms in total. The zero-order valence-corrected chi connectivity index (χ0v) is 16.5. The van der Waals surface area contributed by atoms with Gasteiger partial charge >= 0.3 is 5.97 Å². The van der Waals surface area contributed by atoms with Crippen LogP contribution in [0.5, 0.6) is 0 Å². The van der Waals surface area contributed by atoms with E-state index in [-0.39, 0.29) is 16.8 Å². The highest BCUT2D eigenvalue weighted by Crippen LogP contribution is 2.26. The number of benzene rings is 2. The Balaban J connectivity index is 1.71. The van der Waals surface area contributed by atoms with Crippen LogP contribution < -0.4 is 0 Å². The van der Waals surface area contributed by atoms with Crippen LogP contribution in [0.4, 0.5) is 5.69 Å². The maximum atomic E-state index is 12.6. The summed E-state index contributed by atoms with van der Waals surface area (Å²) in [5.74, 6) is -2.92. The Kier molecular flexibility index (Phi) is 5.46. The molecule has 2 amide bonds. The fourth-order valence-corrected chi connectivity index (χ4v) is 3.17. The molecule has 3 rings (SSSR count). The zero-order valence-electron chi connectivity index (χ0n) is 16.5. The number of imide groups is 1. The number of rotatable bonds is 6. The fraction of sp³-hybridized carbons (Fsp3) is 0.238. The molecule has 30 heavy (non-hydrogen) atoms. The van der Waals surface area contributed by atoms with E-state index in [2.05, 4.69) is 0 Å². The number of ether oxygens (including phenoxy) is 1. The van der Waals surface area contributed by atoms with Crippen LogP contribution in [0.1, 0.15) is 49.1 Å². The maximum absolute atomic E-state index is 12.6. The first kappa shape index (κ1) is 20.8. The smallest absolute Gasteiger partial charge is 0.326 e. The summed E-state index contributed by atoms with van der Waals surface area (Å²) in [6, 6.07) is 8.61. The summed E-state index contributed by atoms with van der Waals surface area (Å²) in [6.07, 6.45) is -1.12. The van der Waals surface area contributed by atoms with Crippen molar-refractivity contribution in [2.24, 2.45) is 0 Å². The molecule has 0 radical (unpaired) electrons. The molecular formula is C21H18N2O7. The van der Waals surface area contributed by atoms with Gasteiger partial charge in [-0.3, -0.25) is 34.2 Å². The van der Waals surface area contributed by atoms with E-state index >= 15 is 0 Å². The molecule has 0 saturated carbocycles. The molecule has 9 heteroatoms. The highest BCUT2D eigenvalue weighted by molar-refractivity contribution is 6.22. The lowest BCUT2D eigenvalue weighted by Gasteiger charge is -2.17. The first-order valence-electron chi connectivity index (χ1n) is 9.05. The third-order valence-corrected chi connectivity index (χ3v) is 4.79. The molecule has 1 atom stereocenters. The van der Waals surface area contributed by atoms with Crippen molar-refractivity contribution in [1.29, 1.82) is 0 Å². The molecule has 1 heterocycles. The second-order valence-corrected chi connectivity index (χ2v) is 7.00. The van der Waals surface area contributed by atoms with Gasteiger partial charge < -0.3 is 4.74 Å². The lowest BCUT2D eigenvalue weighted by Crippen LogP contribution is -2.37. The van der Waals surface area contributed by atoms with Crippen LogP contribution in [0.2, 0.25) is 0 Å². The molecule has 0 N–H and O–H groups in total. The van der Waals surface area contributed by atoms with Crippen molar-refractivity contribution >= 4 is 29.3 Å². The molecule has 0 aliphatic carbocycles. The number of Topliss-reactive ketones (excluding diaryl/α,β-unsaturated/α-hetero) is 1. The van der Waals surface area contributed by atoms with Gasteiger partial charge in [0.25, 0.3) is 17.5 Å². The van der Waals surface area contributed by atoms with Crippen LogP contribution in [-0.4, -0.2) is 46.0 Å². The number of esters is 1. The van der Waals surface area contributed by atoms with E-state index in [9.17, 15) is 29.3 Å². The Morgan fingerprint density at radius 3 is 2.40 bits per heavy atom. The molecule has 0 aromatic heterocycles. The number of carbonyl (C=O) groups excluding carboxylic acids is 4. The molecule has 0 bridgehead atoms. The normalized spacial score (nSPS) is 13.8.